The van der Waals surface area contributed by atoms with Crippen LogP contribution in [0, 0.1) is 6.92 Å². The number of hydrogen-bond donors (Lipinski definition) is 0. The molecule has 5 aromatic carbocycles. The Balaban J connectivity index is 1.60. The van der Waals surface area contributed by atoms with Gasteiger partial charge in [-0.1, -0.05) is 103 Å². The molecule has 37 heavy (non-hydrogen) atoms. The van der Waals surface area contributed by atoms with Crippen molar-refractivity contribution in [2.45, 2.75) is 6.92 Å². The van der Waals surface area contributed by atoms with Crippen molar-refractivity contribution < 1.29 is 0 Å². The van der Waals surface area contributed by atoms with Crippen LogP contribution in [-0.4, -0.2) is 8.97 Å². The topological polar surface area (TPSA) is 26.4 Å². The molecule has 0 radical (unpaired) electrons. The van der Waals surface area contributed by atoms with E-state index in [0.717, 1.165) is 49.9 Å². The molecule has 0 bridgehead atoms. The third kappa shape index (κ3) is 3.32. The Hall–Kier alpha value is -4.89. The Morgan fingerprint density at radius 1 is 0.514 bits per heavy atom. The van der Waals surface area contributed by atoms with Gasteiger partial charge in [-0.2, -0.15) is 0 Å². The fraction of sp³-hybridized carbons (Fsp3) is 0.0294. The lowest BCUT2D eigenvalue weighted by Gasteiger charge is -2.14. The molecule has 3 heteroatoms. The zero-order chi connectivity index (χ0) is 24.9. The maximum Gasteiger partial charge on any atom is 0.280 e. The molecule has 0 saturated carbocycles. The van der Waals surface area contributed by atoms with Crippen LogP contribution in [0.15, 0.2) is 132 Å². The Morgan fingerprint density at radius 2 is 1.08 bits per heavy atom. The molecular weight excluding hydrogens is 452 g/mol. The van der Waals surface area contributed by atoms with Crippen molar-refractivity contribution in [2.75, 3.05) is 0 Å². The molecule has 7 aromatic rings. The zero-order valence-electron chi connectivity index (χ0n) is 20.4. The summed E-state index contributed by atoms with van der Waals surface area (Å²) in [5.74, 6) is 0. The van der Waals surface area contributed by atoms with Crippen molar-refractivity contribution in [1.29, 1.82) is 0 Å². The molecule has 0 aliphatic carbocycles. The highest BCUT2D eigenvalue weighted by atomic mass is 16.1. The second-order valence-electron chi connectivity index (χ2n) is 9.48. The van der Waals surface area contributed by atoms with Crippen LogP contribution in [0.3, 0.4) is 0 Å². The molecule has 0 saturated heterocycles. The van der Waals surface area contributed by atoms with Crippen LogP contribution in [0.2, 0.25) is 0 Å². The summed E-state index contributed by atoms with van der Waals surface area (Å²) >= 11 is 0. The standard InChI is InChI=1S/C34H24N2O/c1-23-15-21-27(22-16-23)35-30-13-7-8-14-31(30)36-29-12-6-5-11-28(29)32(33(36)34(35)37)26-19-17-25(18-20-26)24-9-3-2-4-10-24/h2-22H,1H3. The molecule has 0 fully saturated rings. The van der Waals surface area contributed by atoms with Gasteiger partial charge in [0.25, 0.3) is 5.56 Å². The van der Waals surface area contributed by atoms with Gasteiger partial charge in [0.15, 0.2) is 0 Å². The monoisotopic (exact) mass is 476 g/mol. The van der Waals surface area contributed by atoms with Crippen LogP contribution >= 0.6 is 0 Å². The third-order valence-electron chi connectivity index (χ3n) is 7.22. The number of benzene rings is 5. The van der Waals surface area contributed by atoms with E-state index in [9.17, 15) is 4.79 Å². The summed E-state index contributed by atoms with van der Waals surface area (Å²) in [6, 6.07) is 43.5. The predicted octanol–water partition coefficient (Wildman–Crippen LogP) is 8.04. The van der Waals surface area contributed by atoms with E-state index in [4.69, 9.17) is 0 Å². The molecule has 0 unspecified atom stereocenters. The Morgan fingerprint density at radius 3 is 1.81 bits per heavy atom. The molecule has 176 valence electrons. The maximum absolute atomic E-state index is 14.4. The van der Waals surface area contributed by atoms with Gasteiger partial charge >= 0.3 is 0 Å². The molecule has 0 spiro atoms. The van der Waals surface area contributed by atoms with Crippen LogP contribution in [0.4, 0.5) is 0 Å². The first kappa shape index (κ1) is 21.4. The van der Waals surface area contributed by atoms with E-state index in [0.29, 0.717) is 5.52 Å². The summed E-state index contributed by atoms with van der Waals surface area (Å²) in [7, 11) is 0. The highest BCUT2D eigenvalue weighted by Crippen LogP contribution is 2.37. The second kappa shape index (κ2) is 8.35. The summed E-state index contributed by atoms with van der Waals surface area (Å²) < 4.78 is 3.99. The van der Waals surface area contributed by atoms with Crippen molar-refractivity contribution in [2.24, 2.45) is 0 Å². The molecule has 3 nitrogen and oxygen atoms in total. The first-order valence-electron chi connectivity index (χ1n) is 12.5. The third-order valence-corrected chi connectivity index (χ3v) is 7.22. The fourth-order valence-corrected chi connectivity index (χ4v) is 5.45. The second-order valence-corrected chi connectivity index (χ2v) is 9.48. The van der Waals surface area contributed by atoms with E-state index < -0.39 is 0 Å². The molecule has 0 atom stereocenters. The Kier molecular flexibility index (Phi) is 4.83. The van der Waals surface area contributed by atoms with E-state index in [-0.39, 0.29) is 5.56 Å². The Labute approximate surface area is 214 Å². The van der Waals surface area contributed by atoms with Gasteiger partial charge in [-0.25, -0.2) is 0 Å². The number of aromatic nitrogens is 2. The average molecular weight is 477 g/mol. The van der Waals surface area contributed by atoms with E-state index >= 15 is 0 Å². The maximum atomic E-state index is 14.4. The molecule has 0 amide bonds. The molecule has 0 aliphatic rings. The van der Waals surface area contributed by atoms with Crippen LogP contribution in [0.25, 0.3) is 55.4 Å². The summed E-state index contributed by atoms with van der Waals surface area (Å²) in [5.41, 5.74) is 9.93. The SMILES string of the molecule is Cc1ccc(-n2c(=O)c3c(-c4ccc(-c5ccccc5)cc4)c4ccccc4n3c3ccccc32)cc1. The normalized spacial score (nSPS) is 11.5. The van der Waals surface area contributed by atoms with Crippen molar-refractivity contribution in [1.82, 2.24) is 8.97 Å². The van der Waals surface area contributed by atoms with E-state index in [1.54, 1.807) is 0 Å². The minimum absolute atomic E-state index is 0.0270. The van der Waals surface area contributed by atoms with Gasteiger partial charge < -0.3 is 4.40 Å². The number of aryl methyl sites for hydroxylation is 1. The van der Waals surface area contributed by atoms with Gasteiger partial charge in [0, 0.05) is 16.6 Å². The van der Waals surface area contributed by atoms with Gasteiger partial charge in [-0.3, -0.25) is 9.36 Å². The van der Waals surface area contributed by atoms with Crippen molar-refractivity contribution in [3.8, 4) is 27.9 Å². The summed E-state index contributed by atoms with van der Waals surface area (Å²) in [4.78, 5) is 14.4. The highest BCUT2D eigenvalue weighted by molar-refractivity contribution is 6.08. The van der Waals surface area contributed by atoms with Crippen LogP contribution in [0.1, 0.15) is 5.56 Å². The smallest absolute Gasteiger partial charge is 0.280 e. The summed E-state index contributed by atoms with van der Waals surface area (Å²) in [5, 5.41) is 1.07. The number of rotatable bonds is 3. The Bertz CT molecular complexity index is 1980. The number of fused-ring (bicyclic) bond motifs is 5. The summed E-state index contributed by atoms with van der Waals surface area (Å²) in [6.07, 6.45) is 0. The number of hydrogen-bond acceptors (Lipinski definition) is 1. The van der Waals surface area contributed by atoms with Crippen molar-refractivity contribution in [3.63, 3.8) is 0 Å². The van der Waals surface area contributed by atoms with E-state index in [1.807, 2.05) is 53.1 Å². The van der Waals surface area contributed by atoms with Gasteiger partial charge in [-0.05, 0) is 53.9 Å². The van der Waals surface area contributed by atoms with Crippen LogP contribution in [-0.2, 0) is 0 Å². The lowest BCUT2D eigenvalue weighted by molar-refractivity contribution is 1.03. The largest absolute Gasteiger partial charge is 0.302 e. The molecule has 2 aromatic heterocycles. The minimum Gasteiger partial charge on any atom is -0.302 e. The molecular formula is C34H24N2O. The van der Waals surface area contributed by atoms with Crippen molar-refractivity contribution in [3.05, 3.63) is 143 Å². The number of para-hydroxylation sites is 3. The van der Waals surface area contributed by atoms with Gasteiger partial charge in [-0.15, -0.1) is 0 Å². The molecule has 7 rings (SSSR count). The van der Waals surface area contributed by atoms with Gasteiger partial charge in [0.05, 0.1) is 16.6 Å². The number of nitrogens with zero attached hydrogens (tertiary/aromatic N) is 2. The summed E-state index contributed by atoms with van der Waals surface area (Å²) in [6.45, 7) is 2.06. The quantitative estimate of drug-likeness (QED) is 0.253. The predicted molar refractivity (Wildman–Crippen MR) is 154 cm³/mol. The first-order chi connectivity index (χ1) is 18.2. The lowest BCUT2D eigenvalue weighted by atomic mass is 9.99. The highest BCUT2D eigenvalue weighted by Gasteiger charge is 2.21. The molecule has 0 N–H and O–H groups in total. The zero-order valence-corrected chi connectivity index (χ0v) is 20.4. The fourth-order valence-electron chi connectivity index (χ4n) is 5.45. The first-order valence-corrected chi connectivity index (χ1v) is 12.5. The van der Waals surface area contributed by atoms with Gasteiger partial charge in [0.1, 0.15) is 5.52 Å². The average Bonchev–Trinajstić information content (AvgIpc) is 3.31. The molecule has 2 heterocycles. The van der Waals surface area contributed by atoms with E-state index in [1.165, 1.54) is 5.56 Å². The van der Waals surface area contributed by atoms with Gasteiger partial charge in [0.2, 0.25) is 0 Å². The lowest BCUT2D eigenvalue weighted by Crippen LogP contribution is -2.21. The van der Waals surface area contributed by atoms with Crippen LogP contribution in [0.5, 0.6) is 0 Å². The van der Waals surface area contributed by atoms with Crippen LogP contribution < -0.4 is 5.56 Å². The minimum atomic E-state index is -0.0270. The molecule has 0 aliphatic heterocycles. The van der Waals surface area contributed by atoms with E-state index in [2.05, 4.69) is 90.2 Å². The van der Waals surface area contributed by atoms with Crippen molar-refractivity contribution >= 4 is 27.5 Å².